The second-order valence-electron chi connectivity index (χ2n) is 8.43. The number of ether oxygens (including phenoxy) is 2. The summed E-state index contributed by atoms with van der Waals surface area (Å²) in [6.07, 6.45) is 0. The molecule has 1 saturated heterocycles. The van der Waals surface area contributed by atoms with E-state index in [1.165, 1.54) is 4.40 Å². The van der Waals surface area contributed by atoms with Crippen LogP contribution in [0.2, 0.25) is 5.02 Å². The number of methoxy groups -OCH3 is 1. The molecule has 0 aliphatic carbocycles. The molecule has 0 N–H and O–H groups in total. The second-order valence-corrected chi connectivity index (χ2v) is 8.86. The monoisotopic (exact) mass is 469 g/mol. The van der Waals surface area contributed by atoms with Gasteiger partial charge in [0.25, 0.3) is 0 Å². The zero-order chi connectivity index (χ0) is 23.2. The Balaban J connectivity index is 1.77. The minimum absolute atomic E-state index is 0.279. The van der Waals surface area contributed by atoms with Crippen molar-refractivity contribution in [3.63, 3.8) is 0 Å². The lowest BCUT2D eigenvalue weighted by Crippen LogP contribution is -2.37. The topological polar surface area (TPSA) is 99.7 Å². The van der Waals surface area contributed by atoms with Crippen LogP contribution in [0, 0.1) is 0 Å². The Bertz CT molecular complexity index is 1380. The van der Waals surface area contributed by atoms with E-state index in [1.807, 2.05) is 32.0 Å². The Kier molecular flexibility index (Phi) is 5.51. The molecule has 0 saturated carbocycles. The first kappa shape index (κ1) is 21.7. The molecule has 0 atom stereocenters. The molecule has 1 aliphatic heterocycles. The smallest absolute Gasteiger partial charge is 0.336 e. The van der Waals surface area contributed by atoms with Gasteiger partial charge in [-0.25, -0.2) is 9.20 Å². The van der Waals surface area contributed by atoms with Crippen molar-refractivity contribution < 1.29 is 9.47 Å². The van der Waals surface area contributed by atoms with Crippen LogP contribution in [0.15, 0.2) is 35.1 Å². The highest BCUT2D eigenvalue weighted by molar-refractivity contribution is 6.30. The van der Waals surface area contributed by atoms with Gasteiger partial charge in [0.05, 0.1) is 25.3 Å². The van der Waals surface area contributed by atoms with Crippen LogP contribution in [0.25, 0.3) is 16.7 Å². The van der Waals surface area contributed by atoms with E-state index in [-0.39, 0.29) is 5.69 Å². The summed E-state index contributed by atoms with van der Waals surface area (Å²) >= 11 is 6.06. The third-order valence-corrected chi connectivity index (χ3v) is 6.24. The number of fused-ring (bicyclic) bond motifs is 3. The lowest BCUT2D eigenvalue weighted by Gasteiger charge is -2.27. The highest BCUT2D eigenvalue weighted by Crippen LogP contribution is 2.26. The fraction of sp³-hybridized carbons (Fsp3) is 0.409. The highest BCUT2D eigenvalue weighted by Gasteiger charge is 2.30. The molecular formula is C22H24ClN7O3. The largest absolute Gasteiger partial charge is 0.378 e. The Morgan fingerprint density at radius 3 is 2.52 bits per heavy atom. The van der Waals surface area contributed by atoms with E-state index in [0.717, 1.165) is 5.56 Å². The second kappa shape index (κ2) is 8.36. The minimum atomic E-state index is -0.828. The summed E-state index contributed by atoms with van der Waals surface area (Å²) in [5, 5.41) is 18.1. The number of hydrogen-bond acceptors (Lipinski definition) is 8. The molecule has 0 spiro atoms. The van der Waals surface area contributed by atoms with Gasteiger partial charge in [0.1, 0.15) is 5.60 Å². The lowest BCUT2D eigenvalue weighted by atomic mass is 10.1. The van der Waals surface area contributed by atoms with Crippen molar-refractivity contribution in [1.82, 2.24) is 29.4 Å². The maximum atomic E-state index is 13.8. The van der Waals surface area contributed by atoms with Crippen molar-refractivity contribution in [2.75, 3.05) is 38.3 Å². The quantitative estimate of drug-likeness (QED) is 0.439. The molecule has 33 heavy (non-hydrogen) atoms. The van der Waals surface area contributed by atoms with Crippen molar-refractivity contribution in [3.8, 4) is 0 Å². The van der Waals surface area contributed by atoms with Crippen molar-refractivity contribution in [1.29, 1.82) is 0 Å². The van der Waals surface area contributed by atoms with Crippen molar-refractivity contribution >= 4 is 34.1 Å². The summed E-state index contributed by atoms with van der Waals surface area (Å²) in [6.45, 7) is 6.66. The maximum Gasteiger partial charge on any atom is 0.336 e. The van der Waals surface area contributed by atoms with Crippen LogP contribution in [0.5, 0.6) is 0 Å². The van der Waals surface area contributed by atoms with Crippen molar-refractivity contribution in [2.45, 2.75) is 26.0 Å². The normalized spacial score (nSPS) is 15.0. The van der Waals surface area contributed by atoms with Gasteiger partial charge in [0.2, 0.25) is 0 Å². The first-order valence-corrected chi connectivity index (χ1v) is 11.0. The number of rotatable bonds is 5. The molecule has 0 amide bonds. The van der Waals surface area contributed by atoms with Gasteiger partial charge in [0, 0.05) is 31.3 Å². The first-order valence-electron chi connectivity index (χ1n) is 10.7. The van der Waals surface area contributed by atoms with E-state index in [9.17, 15) is 4.79 Å². The molecular weight excluding hydrogens is 446 g/mol. The van der Waals surface area contributed by atoms with Crippen LogP contribution in [-0.4, -0.2) is 62.8 Å². The minimum Gasteiger partial charge on any atom is -0.378 e. The van der Waals surface area contributed by atoms with Crippen LogP contribution < -0.4 is 10.6 Å². The van der Waals surface area contributed by atoms with Crippen LogP contribution in [0.1, 0.15) is 25.2 Å². The predicted octanol–water partition coefficient (Wildman–Crippen LogP) is 2.25. The van der Waals surface area contributed by atoms with E-state index >= 15 is 0 Å². The number of anilines is 1. The van der Waals surface area contributed by atoms with Crippen molar-refractivity contribution in [2.24, 2.45) is 0 Å². The molecule has 0 unspecified atom stereocenters. The van der Waals surface area contributed by atoms with E-state index in [1.54, 1.807) is 23.8 Å². The molecule has 1 aromatic carbocycles. The Hall–Kier alpha value is -3.08. The lowest BCUT2D eigenvalue weighted by molar-refractivity contribution is 0.0103. The molecule has 0 radical (unpaired) electrons. The van der Waals surface area contributed by atoms with E-state index in [0.29, 0.717) is 66.2 Å². The number of benzene rings is 1. The summed E-state index contributed by atoms with van der Waals surface area (Å²) in [7, 11) is 1.57. The van der Waals surface area contributed by atoms with Crippen molar-refractivity contribution in [3.05, 3.63) is 57.2 Å². The van der Waals surface area contributed by atoms with Crippen LogP contribution in [-0.2, 0) is 21.6 Å². The summed E-state index contributed by atoms with van der Waals surface area (Å²) < 4.78 is 14.2. The zero-order valence-corrected chi connectivity index (χ0v) is 19.4. The average Bonchev–Trinajstić information content (AvgIpc) is 3.30. The van der Waals surface area contributed by atoms with Gasteiger partial charge in [-0.15, -0.1) is 20.4 Å². The van der Waals surface area contributed by atoms with Gasteiger partial charge in [-0.3, -0.25) is 4.57 Å². The van der Waals surface area contributed by atoms with Gasteiger partial charge in [0.15, 0.2) is 22.8 Å². The summed E-state index contributed by atoms with van der Waals surface area (Å²) in [6, 6.07) is 9.30. The standard InChI is InChI=1S/C22H24ClN7O3/c1-22(2,32-3)20-27-26-19-18-16(12-17(24-25-18)28-8-10-33-11-9-28)29(21(31)30(19)20)13-14-4-6-15(23)7-5-14/h4-7,12H,8-11,13H2,1-3H3. The molecule has 1 fully saturated rings. The number of nitrogens with zero attached hydrogens (tertiary/aromatic N) is 7. The molecule has 1 aliphatic rings. The van der Waals surface area contributed by atoms with E-state index in [2.05, 4.69) is 25.3 Å². The molecule has 172 valence electrons. The molecule has 11 heteroatoms. The van der Waals surface area contributed by atoms with Crippen LogP contribution in [0.3, 0.4) is 0 Å². The Morgan fingerprint density at radius 1 is 1.09 bits per heavy atom. The fourth-order valence-electron chi connectivity index (χ4n) is 3.93. The molecule has 4 heterocycles. The highest BCUT2D eigenvalue weighted by atomic mass is 35.5. The van der Waals surface area contributed by atoms with Gasteiger partial charge >= 0.3 is 5.69 Å². The summed E-state index contributed by atoms with van der Waals surface area (Å²) in [4.78, 5) is 15.9. The van der Waals surface area contributed by atoms with Crippen LogP contribution in [0.4, 0.5) is 5.82 Å². The predicted molar refractivity (Wildman–Crippen MR) is 124 cm³/mol. The number of morpholine rings is 1. The number of hydrogen-bond donors (Lipinski definition) is 0. The molecule has 0 bridgehead atoms. The summed E-state index contributed by atoms with van der Waals surface area (Å²) in [5.41, 5.74) is 1.29. The Morgan fingerprint density at radius 2 is 1.82 bits per heavy atom. The number of halogens is 1. The third-order valence-electron chi connectivity index (χ3n) is 5.99. The van der Waals surface area contributed by atoms with E-state index < -0.39 is 5.60 Å². The molecule has 3 aromatic heterocycles. The maximum absolute atomic E-state index is 13.8. The van der Waals surface area contributed by atoms with Gasteiger partial charge in [-0.05, 0) is 31.5 Å². The zero-order valence-electron chi connectivity index (χ0n) is 18.7. The summed E-state index contributed by atoms with van der Waals surface area (Å²) in [5.74, 6) is 1.09. The molecule has 10 nitrogen and oxygen atoms in total. The van der Waals surface area contributed by atoms with Gasteiger partial charge in [-0.2, -0.15) is 0 Å². The molecule has 5 rings (SSSR count). The van der Waals surface area contributed by atoms with Crippen LogP contribution >= 0.6 is 11.6 Å². The molecule has 4 aromatic rings. The van der Waals surface area contributed by atoms with E-state index in [4.69, 9.17) is 21.1 Å². The first-order chi connectivity index (χ1) is 15.9. The fourth-order valence-corrected chi connectivity index (χ4v) is 4.06. The van der Waals surface area contributed by atoms with Gasteiger partial charge in [-0.1, -0.05) is 23.7 Å². The third kappa shape index (κ3) is 3.84. The SMILES string of the molecule is COC(C)(C)c1nnc2c3nnc(N4CCOCC4)cc3n(Cc3ccc(Cl)cc3)c(=O)n12. The van der Waals surface area contributed by atoms with Gasteiger partial charge < -0.3 is 14.4 Å². The number of aromatic nitrogens is 6. The average molecular weight is 470 g/mol. The Labute approximate surface area is 194 Å².